The monoisotopic (exact) mass is 343 g/mol. The highest BCUT2D eigenvalue weighted by atomic mass is 79.9. The van der Waals surface area contributed by atoms with Gasteiger partial charge in [0.15, 0.2) is 0 Å². The fourth-order valence-electron chi connectivity index (χ4n) is 2.00. The molecule has 2 rings (SSSR count). The van der Waals surface area contributed by atoms with E-state index in [1.165, 1.54) is 0 Å². The zero-order valence-electron chi connectivity index (χ0n) is 11.0. The molecule has 0 bridgehead atoms. The fourth-order valence-corrected chi connectivity index (χ4v) is 3.02. The van der Waals surface area contributed by atoms with Crippen LogP contribution in [0.25, 0.3) is 0 Å². The number of hydrogen-bond donors (Lipinski definition) is 2. The zero-order chi connectivity index (χ0) is 14.0. The molecule has 1 aliphatic rings. The van der Waals surface area contributed by atoms with Crippen molar-refractivity contribution in [2.75, 3.05) is 6.26 Å². The molecule has 5 heteroatoms. The number of aliphatic hydroxyl groups excluding tert-OH is 1. The van der Waals surface area contributed by atoms with Crippen molar-refractivity contribution < 1.29 is 9.90 Å². The number of carbonyl (C=O) groups excluding carboxylic acids is 1. The van der Waals surface area contributed by atoms with Gasteiger partial charge in [-0.25, -0.2) is 0 Å². The molecule has 0 aromatic heterocycles. The van der Waals surface area contributed by atoms with Crippen LogP contribution >= 0.6 is 27.7 Å². The first-order valence-electron chi connectivity index (χ1n) is 6.28. The molecule has 1 amide bonds. The highest BCUT2D eigenvalue weighted by Gasteiger charge is 2.49. The van der Waals surface area contributed by atoms with Crippen molar-refractivity contribution in [1.82, 2.24) is 5.32 Å². The number of hydrogen-bond acceptors (Lipinski definition) is 3. The maximum atomic E-state index is 12.1. The van der Waals surface area contributed by atoms with Crippen LogP contribution in [0.1, 0.15) is 31.4 Å². The van der Waals surface area contributed by atoms with Crippen LogP contribution < -0.4 is 5.32 Å². The van der Waals surface area contributed by atoms with E-state index in [0.29, 0.717) is 0 Å². The summed E-state index contributed by atoms with van der Waals surface area (Å²) in [6.45, 7) is 1.83. The highest BCUT2D eigenvalue weighted by Crippen LogP contribution is 2.47. The van der Waals surface area contributed by atoms with Gasteiger partial charge in [-0.2, -0.15) is 0 Å². The molecule has 19 heavy (non-hydrogen) atoms. The van der Waals surface area contributed by atoms with Gasteiger partial charge in [-0.15, -0.1) is 11.8 Å². The summed E-state index contributed by atoms with van der Waals surface area (Å²) < 4.78 is 0.729. The average molecular weight is 344 g/mol. The number of nitrogens with one attached hydrogen (secondary N) is 1. The lowest BCUT2D eigenvalue weighted by atomic mass is 10.0. The van der Waals surface area contributed by atoms with E-state index >= 15 is 0 Å². The molecule has 0 spiro atoms. The molecule has 0 unspecified atom stereocenters. The summed E-state index contributed by atoms with van der Waals surface area (Å²) in [5.74, 6) is 0.0451. The van der Waals surface area contributed by atoms with Crippen LogP contribution in [0, 0.1) is 0 Å². The topological polar surface area (TPSA) is 49.3 Å². The Balaban J connectivity index is 1.97. The molecule has 1 aromatic rings. The summed E-state index contributed by atoms with van der Waals surface area (Å²) in [5.41, 5.74) is 0.810. The molecule has 1 aromatic carbocycles. The highest BCUT2D eigenvalue weighted by molar-refractivity contribution is 9.10. The number of halogens is 1. The van der Waals surface area contributed by atoms with Crippen LogP contribution in [0.15, 0.2) is 28.7 Å². The molecule has 3 nitrogen and oxygen atoms in total. The van der Waals surface area contributed by atoms with Crippen LogP contribution in [0.4, 0.5) is 0 Å². The van der Waals surface area contributed by atoms with Crippen molar-refractivity contribution in [2.24, 2.45) is 0 Å². The van der Waals surface area contributed by atoms with Gasteiger partial charge in [0.2, 0.25) is 5.91 Å². The Kier molecular flexibility index (Phi) is 4.58. The molecule has 1 saturated carbocycles. The van der Waals surface area contributed by atoms with E-state index in [1.54, 1.807) is 11.8 Å². The van der Waals surface area contributed by atoms with Gasteiger partial charge in [0.1, 0.15) is 0 Å². The summed E-state index contributed by atoms with van der Waals surface area (Å²) in [5, 5.41) is 13.2. The predicted molar refractivity (Wildman–Crippen MR) is 82.2 cm³/mol. The number of benzene rings is 1. The Morgan fingerprint density at radius 1 is 1.42 bits per heavy atom. The van der Waals surface area contributed by atoms with Crippen molar-refractivity contribution in [3.05, 3.63) is 34.3 Å². The Morgan fingerprint density at radius 3 is 2.47 bits per heavy atom. The van der Waals surface area contributed by atoms with E-state index in [9.17, 15) is 9.90 Å². The molecule has 2 atom stereocenters. The second kappa shape index (κ2) is 5.85. The second-order valence-corrected chi connectivity index (χ2v) is 7.06. The van der Waals surface area contributed by atoms with E-state index in [2.05, 4.69) is 21.2 Å². The standard InChI is InChI=1S/C14H18BrNO2S/c1-9(16-13(18)14(19-2)7-8-14)12(17)10-3-5-11(15)6-4-10/h3-6,9,12,17H,7-8H2,1-2H3,(H,16,18)/t9-,12-/m1/s1. The fraction of sp³-hybridized carbons (Fsp3) is 0.500. The van der Waals surface area contributed by atoms with Crippen LogP contribution in [0.3, 0.4) is 0 Å². The van der Waals surface area contributed by atoms with Gasteiger partial charge in [0.05, 0.1) is 16.9 Å². The number of amides is 1. The number of aliphatic hydroxyl groups is 1. The van der Waals surface area contributed by atoms with Crippen molar-refractivity contribution in [2.45, 2.75) is 36.7 Å². The normalized spacial score (nSPS) is 19.6. The average Bonchev–Trinajstić information content (AvgIpc) is 3.19. The maximum absolute atomic E-state index is 12.1. The molecule has 1 aliphatic carbocycles. The van der Waals surface area contributed by atoms with Crippen molar-refractivity contribution >= 4 is 33.6 Å². The summed E-state index contributed by atoms with van der Waals surface area (Å²) in [6.07, 6.45) is 3.14. The Labute approximate surface area is 126 Å². The first-order chi connectivity index (χ1) is 8.98. The van der Waals surface area contributed by atoms with Gasteiger partial charge >= 0.3 is 0 Å². The third-order valence-electron chi connectivity index (χ3n) is 3.55. The summed E-state index contributed by atoms with van der Waals surface area (Å²) >= 11 is 4.96. The largest absolute Gasteiger partial charge is 0.386 e. The summed E-state index contributed by atoms with van der Waals surface area (Å²) in [6, 6.07) is 7.20. The van der Waals surface area contributed by atoms with Crippen LogP contribution in [0.5, 0.6) is 0 Å². The maximum Gasteiger partial charge on any atom is 0.236 e. The van der Waals surface area contributed by atoms with Crippen molar-refractivity contribution in [3.8, 4) is 0 Å². The minimum Gasteiger partial charge on any atom is -0.386 e. The third kappa shape index (κ3) is 3.33. The quantitative estimate of drug-likeness (QED) is 0.864. The first-order valence-corrected chi connectivity index (χ1v) is 8.30. The van der Waals surface area contributed by atoms with Gasteiger partial charge in [-0.3, -0.25) is 4.79 Å². The molecule has 0 saturated heterocycles. The first kappa shape index (κ1) is 14.9. The van der Waals surface area contributed by atoms with Crippen LogP contribution in [-0.2, 0) is 4.79 Å². The predicted octanol–water partition coefficient (Wildman–Crippen LogP) is 2.88. The van der Waals surface area contributed by atoms with Gasteiger partial charge in [-0.1, -0.05) is 28.1 Å². The lowest BCUT2D eigenvalue weighted by Gasteiger charge is -2.23. The zero-order valence-corrected chi connectivity index (χ0v) is 13.4. The van der Waals surface area contributed by atoms with E-state index in [0.717, 1.165) is 22.9 Å². The minimum atomic E-state index is -0.685. The minimum absolute atomic E-state index is 0.0451. The molecule has 104 valence electrons. The van der Waals surface area contributed by atoms with Gasteiger partial charge < -0.3 is 10.4 Å². The van der Waals surface area contributed by atoms with E-state index in [-0.39, 0.29) is 16.7 Å². The Morgan fingerprint density at radius 2 is 2.00 bits per heavy atom. The summed E-state index contributed by atoms with van der Waals surface area (Å²) in [4.78, 5) is 12.1. The van der Waals surface area contributed by atoms with Gasteiger partial charge in [-0.05, 0) is 43.7 Å². The smallest absolute Gasteiger partial charge is 0.236 e. The van der Waals surface area contributed by atoms with Crippen LogP contribution in [0.2, 0.25) is 0 Å². The second-order valence-electron chi connectivity index (χ2n) is 4.96. The van der Waals surface area contributed by atoms with Crippen molar-refractivity contribution in [3.63, 3.8) is 0 Å². The molecular formula is C14H18BrNO2S. The van der Waals surface area contributed by atoms with E-state index < -0.39 is 6.10 Å². The van der Waals surface area contributed by atoms with E-state index in [4.69, 9.17) is 0 Å². The van der Waals surface area contributed by atoms with Gasteiger partial charge in [0, 0.05) is 4.47 Å². The van der Waals surface area contributed by atoms with Gasteiger partial charge in [0.25, 0.3) is 0 Å². The van der Waals surface area contributed by atoms with Crippen LogP contribution in [-0.4, -0.2) is 28.1 Å². The SMILES string of the molecule is CSC1(C(=O)N[C@H](C)[C@@H](O)c2ccc(Br)cc2)CC1. The molecule has 2 N–H and O–H groups in total. The molecule has 0 radical (unpaired) electrons. The molecule has 0 aliphatic heterocycles. The third-order valence-corrected chi connectivity index (χ3v) is 5.46. The molecule has 0 heterocycles. The van der Waals surface area contributed by atoms with E-state index in [1.807, 2.05) is 37.4 Å². The number of carbonyl (C=O) groups is 1. The lowest BCUT2D eigenvalue weighted by Crippen LogP contribution is -2.42. The summed E-state index contributed by atoms with van der Waals surface area (Å²) in [7, 11) is 0. The number of thioether (sulfide) groups is 1. The van der Waals surface area contributed by atoms with Crippen molar-refractivity contribution in [1.29, 1.82) is 0 Å². The molecular weight excluding hydrogens is 326 g/mol. The Hall–Kier alpha value is -0.520. The number of rotatable bonds is 5. The lowest BCUT2D eigenvalue weighted by molar-refractivity contribution is -0.122. The molecule has 1 fully saturated rings. The Bertz CT molecular complexity index is 459.